The Morgan fingerprint density at radius 3 is 2.35 bits per heavy atom. The number of nitrogens with one attached hydrogen (secondary N) is 1. The van der Waals surface area contributed by atoms with Crippen molar-refractivity contribution in [3.05, 3.63) is 29.8 Å². The first kappa shape index (κ1) is 17.3. The Kier molecular flexibility index (Phi) is 4.66. The van der Waals surface area contributed by atoms with Crippen molar-refractivity contribution in [3.8, 4) is 5.75 Å². The average molecular weight is 320 g/mol. The lowest BCUT2D eigenvalue weighted by atomic mass is 9.99. The van der Waals surface area contributed by atoms with Crippen molar-refractivity contribution in [2.45, 2.75) is 51.9 Å². The predicted octanol–water partition coefficient (Wildman–Crippen LogP) is 1.58. The van der Waals surface area contributed by atoms with Gasteiger partial charge in [0, 0.05) is 0 Å². The number of carbonyl (C=O) groups excluding carboxylic acids is 1. The number of aromatic hydroxyl groups is 1. The highest BCUT2D eigenvalue weighted by Crippen LogP contribution is 2.29. The third kappa shape index (κ3) is 3.47. The summed E-state index contributed by atoms with van der Waals surface area (Å²) in [6.45, 7) is 7.24. The zero-order valence-electron chi connectivity index (χ0n) is 13.9. The van der Waals surface area contributed by atoms with E-state index in [2.05, 4.69) is 5.32 Å². The quantitative estimate of drug-likeness (QED) is 0.766. The molecule has 1 aromatic carbocycles. The van der Waals surface area contributed by atoms with Gasteiger partial charge in [0.05, 0.1) is 11.7 Å². The smallest absolute Gasteiger partial charge is 0.326 e. The first-order chi connectivity index (χ1) is 10.6. The van der Waals surface area contributed by atoms with E-state index in [-0.39, 0.29) is 17.6 Å². The van der Waals surface area contributed by atoms with Gasteiger partial charge < -0.3 is 15.1 Å². The third-order valence-electron chi connectivity index (χ3n) is 4.20. The Bertz CT molecular complexity index is 595. The van der Waals surface area contributed by atoms with Crippen LogP contribution < -0.4 is 5.32 Å². The van der Waals surface area contributed by atoms with Crippen LogP contribution in [-0.4, -0.2) is 44.7 Å². The first-order valence-corrected chi connectivity index (χ1v) is 7.75. The zero-order chi connectivity index (χ0) is 17.4. The molecule has 1 amide bonds. The topological polar surface area (TPSA) is 89.9 Å². The molecule has 6 heteroatoms. The molecule has 2 rings (SSSR count). The highest BCUT2D eigenvalue weighted by atomic mass is 16.4. The maximum atomic E-state index is 12.8. The van der Waals surface area contributed by atoms with Crippen molar-refractivity contribution >= 4 is 11.9 Å². The molecule has 0 saturated carbocycles. The summed E-state index contributed by atoms with van der Waals surface area (Å²) in [7, 11) is 0. The van der Waals surface area contributed by atoms with E-state index in [4.69, 9.17) is 0 Å². The second kappa shape index (κ2) is 6.20. The molecule has 2 atom stereocenters. The van der Waals surface area contributed by atoms with E-state index in [9.17, 15) is 19.8 Å². The van der Waals surface area contributed by atoms with Crippen molar-refractivity contribution in [1.29, 1.82) is 0 Å². The van der Waals surface area contributed by atoms with Crippen LogP contribution in [0, 0.1) is 5.92 Å². The van der Waals surface area contributed by atoms with Crippen LogP contribution in [0.5, 0.6) is 5.75 Å². The lowest BCUT2D eigenvalue weighted by Crippen LogP contribution is -2.56. The van der Waals surface area contributed by atoms with E-state index in [1.165, 1.54) is 4.90 Å². The summed E-state index contributed by atoms with van der Waals surface area (Å²) in [5.41, 5.74) is 0.175. The number of benzene rings is 1. The van der Waals surface area contributed by atoms with Crippen LogP contribution in [-0.2, 0) is 16.0 Å². The van der Waals surface area contributed by atoms with Crippen LogP contribution in [0.4, 0.5) is 0 Å². The molecule has 1 aromatic rings. The van der Waals surface area contributed by atoms with Gasteiger partial charge in [-0.1, -0.05) is 26.0 Å². The predicted molar refractivity (Wildman–Crippen MR) is 85.9 cm³/mol. The zero-order valence-corrected chi connectivity index (χ0v) is 13.9. The van der Waals surface area contributed by atoms with Gasteiger partial charge in [-0.25, -0.2) is 4.79 Å². The second-order valence-corrected chi connectivity index (χ2v) is 6.86. The summed E-state index contributed by atoms with van der Waals surface area (Å²) >= 11 is 0. The summed E-state index contributed by atoms with van der Waals surface area (Å²) in [5, 5.41) is 22.1. The Morgan fingerprint density at radius 1 is 1.30 bits per heavy atom. The molecule has 126 valence electrons. The minimum Gasteiger partial charge on any atom is -0.508 e. The molecule has 3 N–H and O–H groups in total. The van der Waals surface area contributed by atoms with Crippen LogP contribution >= 0.6 is 0 Å². The number of carboxylic acid groups (broad SMARTS) is 1. The van der Waals surface area contributed by atoms with Crippen LogP contribution in [0.3, 0.4) is 0 Å². The number of aliphatic carboxylic acids is 1. The van der Waals surface area contributed by atoms with Crippen molar-refractivity contribution < 1.29 is 19.8 Å². The average Bonchev–Trinajstić information content (AvgIpc) is 2.64. The molecule has 1 aliphatic heterocycles. The van der Waals surface area contributed by atoms with Crippen LogP contribution in [0.1, 0.15) is 33.3 Å². The number of rotatable bonds is 5. The molecular formula is C17H24N2O4. The fourth-order valence-electron chi connectivity index (χ4n) is 3.19. The molecule has 1 heterocycles. The summed E-state index contributed by atoms with van der Waals surface area (Å²) in [5.74, 6) is -1.21. The molecule has 0 aliphatic carbocycles. The molecule has 0 aromatic heterocycles. The molecule has 2 unspecified atom stereocenters. The minimum absolute atomic E-state index is 0.173. The van der Waals surface area contributed by atoms with Gasteiger partial charge in [0.1, 0.15) is 11.8 Å². The number of phenols is 1. The van der Waals surface area contributed by atoms with Crippen molar-refractivity contribution in [1.82, 2.24) is 10.2 Å². The number of carboxylic acids is 1. The summed E-state index contributed by atoms with van der Waals surface area (Å²) < 4.78 is 0. The number of hydrogen-bond acceptors (Lipinski definition) is 4. The minimum atomic E-state index is -0.992. The van der Waals surface area contributed by atoms with Crippen LogP contribution in [0.25, 0.3) is 0 Å². The van der Waals surface area contributed by atoms with E-state index in [0.717, 1.165) is 5.56 Å². The Labute approximate surface area is 136 Å². The second-order valence-electron chi connectivity index (χ2n) is 6.86. The van der Waals surface area contributed by atoms with Gasteiger partial charge in [-0.15, -0.1) is 0 Å². The normalized spacial score (nSPS) is 21.7. The van der Waals surface area contributed by atoms with E-state index >= 15 is 0 Å². The molecule has 1 saturated heterocycles. The molecular weight excluding hydrogens is 296 g/mol. The van der Waals surface area contributed by atoms with Gasteiger partial charge in [-0.2, -0.15) is 0 Å². The summed E-state index contributed by atoms with van der Waals surface area (Å²) in [4.78, 5) is 25.9. The maximum absolute atomic E-state index is 12.8. The Morgan fingerprint density at radius 2 is 1.87 bits per heavy atom. The van der Waals surface area contributed by atoms with Crippen LogP contribution in [0.15, 0.2) is 24.3 Å². The fourth-order valence-corrected chi connectivity index (χ4v) is 3.19. The molecule has 0 bridgehead atoms. The molecule has 23 heavy (non-hydrogen) atoms. The van der Waals surface area contributed by atoms with E-state index < -0.39 is 23.7 Å². The van der Waals surface area contributed by atoms with E-state index in [0.29, 0.717) is 6.42 Å². The maximum Gasteiger partial charge on any atom is 0.326 e. The third-order valence-corrected chi connectivity index (χ3v) is 4.20. The number of nitrogens with zero attached hydrogens (tertiary/aromatic N) is 1. The summed E-state index contributed by atoms with van der Waals surface area (Å²) in [6.07, 6.45) is 0.448. The van der Waals surface area contributed by atoms with Gasteiger partial charge in [0.25, 0.3) is 0 Å². The highest BCUT2D eigenvalue weighted by molar-refractivity contribution is 5.90. The first-order valence-electron chi connectivity index (χ1n) is 7.75. The Balaban J connectivity index is 2.24. The SMILES string of the molecule is CC(C)C(C(=O)O)N1C(=O)C(Cc2ccc(O)cc2)NC1(C)C. The fraction of sp³-hybridized carbons (Fsp3) is 0.529. The largest absolute Gasteiger partial charge is 0.508 e. The molecule has 1 fully saturated rings. The highest BCUT2D eigenvalue weighted by Gasteiger charge is 2.50. The lowest BCUT2D eigenvalue weighted by molar-refractivity contribution is -0.154. The van der Waals surface area contributed by atoms with Gasteiger partial charge in [0.2, 0.25) is 5.91 Å². The monoisotopic (exact) mass is 320 g/mol. The van der Waals surface area contributed by atoms with Crippen molar-refractivity contribution in [2.24, 2.45) is 5.92 Å². The summed E-state index contributed by atoms with van der Waals surface area (Å²) in [6, 6.07) is 5.33. The molecule has 6 nitrogen and oxygen atoms in total. The van der Waals surface area contributed by atoms with Crippen molar-refractivity contribution in [2.75, 3.05) is 0 Å². The molecule has 0 radical (unpaired) electrons. The van der Waals surface area contributed by atoms with Gasteiger partial charge in [-0.05, 0) is 43.9 Å². The van der Waals surface area contributed by atoms with E-state index in [1.807, 2.05) is 13.8 Å². The van der Waals surface area contributed by atoms with E-state index in [1.54, 1.807) is 38.1 Å². The number of carbonyl (C=O) groups is 2. The molecule has 0 spiro atoms. The van der Waals surface area contributed by atoms with Crippen LogP contribution in [0.2, 0.25) is 0 Å². The lowest BCUT2D eigenvalue weighted by Gasteiger charge is -2.37. The van der Waals surface area contributed by atoms with Crippen molar-refractivity contribution in [3.63, 3.8) is 0 Å². The van der Waals surface area contributed by atoms with Gasteiger partial charge in [-0.3, -0.25) is 10.1 Å². The Hall–Kier alpha value is -2.08. The van der Waals surface area contributed by atoms with Gasteiger partial charge in [0.15, 0.2) is 0 Å². The number of phenolic OH excluding ortho intramolecular Hbond substituents is 1. The number of amides is 1. The number of hydrogen-bond donors (Lipinski definition) is 3. The van der Waals surface area contributed by atoms with Gasteiger partial charge >= 0.3 is 5.97 Å². The molecule has 1 aliphatic rings. The standard InChI is InChI=1S/C17H24N2O4/c1-10(2)14(16(22)23)19-15(21)13(18-17(19,3)4)9-11-5-7-12(20)8-6-11/h5-8,10,13-14,18,20H,9H2,1-4H3,(H,22,23).